The van der Waals surface area contributed by atoms with Crippen LogP contribution in [0, 0.1) is 5.92 Å². The van der Waals surface area contributed by atoms with E-state index in [1.54, 1.807) is 22.5 Å². The van der Waals surface area contributed by atoms with Crippen molar-refractivity contribution < 1.29 is 17.9 Å². The van der Waals surface area contributed by atoms with E-state index in [0.29, 0.717) is 44.3 Å². The van der Waals surface area contributed by atoms with Gasteiger partial charge in [0.15, 0.2) is 0 Å². The van der Waals surface area contributed by atoms with Gasteiger partial charge in [-0.25, -0.2) is 8.42 Å². The van der Waals surface area contributed by atoms with Crippen molar-refractivity contribution in [3.63, 3.8) is 0 Å². The molecule has 1 aromatic rings. The van der Waals surface area contributed by atoms with Gasteiger partial charge in [-0.2, -0.15) is 4.31 Å². The molecule has 0 radical (unpaired) electrons. The Hall–Kier alpha value is -1.44. The Morgan fingerprint density at radius 1 is 1.19 bits per heavy atom. The molecule has 0 saturated carbocycles. The first-order valence-corrected chi connectivity index (χ1v) is 11.3. The number of benzene rings is 1. The molecule has 1 fully saturated rings. The van der Waals surface area contributed by atoms with E-state index >= 15 is 0 Å². The lowest BCUT2D eigenvalue weighted by Gasteiger charge is -2.20. The van der Waals surface area contributed by atoms with E-state index in [9.17, 15) is 13.2 Å². The lowest BCUT2D eigenvalue weighted by Crippen LogP contribution is -2.32. The minimum atomic E-state index is -3.55. The third kappa shape index (κ3) is 6.90. The highest BCUT2D eigenvalue weighted by Crippen LogP contribution is 2.21. The molecule has 7 heteroatoms. The zero-order valence-corrected chi connectivity index (χ0v) is 17.3. The van der Waals surface area contributed by atoms with Crippen molar-refractivity contribution in [3.8, 4) is 0 Å². The Balaban J connectivity index is 1.92. The molecule has 1 aliphatic heterocycles. The van der Waals surface area contributed by atoms with E-state index in [4.69, 9.17) is 4.74 Å². The van der Waals surface area contributed by atoms with Crippen LogP contribution in [0.5, 0.6) is 0 Å². The number of hydrogen-bond acceptors (Lipinski definition) is 4. The number of carbonyl (C=O) groups is 1. The van der Waals surface area contributed by atoms with Gasteiger partial charge in [0.1, 0.15) is 0 Å². The van der Waals surface area contributed by atoms with E-state index in [1.165, 1.54) is 6.07 Å². The van der Waals surface area contributed by atoms with Crippen molar-refractivity contribution in [2.45, 2.75) is 50.8 Å². The number of sulfonamides is 1. The van der Waals surface area contributed by atoms with Crippen molar-refractivity contribution in [1.29, 1.82) is 0 Å². The molecule has 1 amide bonds. The maximum absolute atomic E-state index is 12.9. The molecule has 0 aliphatic carbocycles. The minimum absolute atomic E-state index is 0.192. The van der Waals surface area contributed by atoms with Gasteiger partial charge in [-0.15, -0.1) is 0 Å². The fourth-order valence-corrected chi connectivity index (χ4v) is 4.59. The number of carbonyl (C=O) groups excluding carboxylic acids is 1. The zero-order chi connectivity index (χ0) is 19.7. The fourth-order valence-electron chi connectivity index (χ4n) is 3.03. The second-order valence-electron chi connectivity index (χ2n) is 7.42. The van der Waals surface area contributed by atoms with Gasteiger partial charge in [0, 0.05) is 38.4 Å². The molecule has 0 aromatic heterocycles. The lowest BCUT2D eigenvalue weighted by atomic mass is 10.2. The van der Waals surface area contributed by atoms with Crippen LogP contribution in [0.3, 0.4) is 0 Å². The summed E-state index contributed by atoms with van der Waals surface area (Å²) in [7, 11) is -3.55. The molecule has 1 N–H and O–H groups in total. The summed E-state index contributed by atoms with van der Waals surface area (Å²) in [5, 5.41) is 2.83. The fraction of sp³-hybridized carbons (Fsp3) is 0.650. The molecule has 1 aromatic carbocycles. The quantitative estimate of drug-likeness (QED) is 0.651. The average molecular weight is 397 g/mol. The Kier molecular flexibility index (Phi) is 8.73. The van der Waals surface area contributed by atoms with Crippen LogP contribution in [0.1, 0.15) is 56.3 Å². The highest BCUT2D eigenvalue weighted by molar-refractivity contribution is 7.89. The molecule has 1 aliphatic rings. The van der Waals surface area contributed by atoms with E-state index in [1.807, 2.05) is 0 Å². The van der Waals surface area contributed by atoms with Crippen LogP contribution in [-0.2, 0) is 14.8 Å². The maximum Gasteiger partial charge on any atom is 0.251 e. The van der Waals surface area contributed by atoms with E-state index in [2.05, 4.69) is 19.2 Å². The largest absolute Gasteiger partial charge is 0.381 e. The first-order valence-electron chi connectivity index (χ1n) is 9.87. The Labute approximate surface area is 163 Å². The summed E-state index contributed by atoms with van der Waals surface area (Å²) in [4.78, 5) is 12.5. The van der Waals surface area contributed by atoms with Crippen LogP contribution < -0.4 is 5.32 Å². The van der Waals surface area contributed by atoms with Gasteiger partial charge >= 0.3 is 0 Å². The standard InChI is InChI=1S/C20H32N2O4S/c1-17(2)16-26-14-8-11-21-20(23)18-9-7-10-19(15-18)27(24,25)22-12-5-3-4-6-13-22/h7,9-10,15,17H,3-6,8,11-14,16H2,1-2H3,(H,21,23). The van der Waals surface area contributed by atoms with Crippen LogP contribution in [-0.4, -0.2) is 51.5 Å². The molecule has 0 spiro atoms. The number of amides is 1. The smallest absolute Gasteiger partial charge is 0.251 e. The molecule has 6 nitrogen and oxygen atoms in total. The molecule has 1 heterocycles. The summed E-state index contributed by atoms with van der Waals surface area (Å²) in [6.45, 7) is 7.10. The second kappa shape index (κ2) is 10.8. The topological polar surface area (TPSA) is 75.7 Å². The number of nitrogens with zero attached hydrogens (tertiary/aromatic N) is 1. The van der Waals surface area contributed by atoms with E-state index in [-0.39, 0.29) is 10.8 Å². The van der Waals surface area contributed by atoms with Gasteiger partial charge in [-0.05, 0) is 43.4 Å². The van der Waals surface area contributed by atoms with Gasteiger partial charge in [-0.3, -0.25) is 4.79 Å². The monoisotopic (exact) mass is 396 g/mol. The van der Waals surface area contributed by atoms with Crippen LogP contribution >= 0.6 is 0 Å². The van der Waals surface area contributed by atoms with Crippen LogP contribution in [0.25, 0.3) is 0 Å². The maximum atomic E-state index is 12.9. The van der Waals surface area contributed by atoms with Gasteiger partial charge in [0.2, 0.25) is 10.0 Å². The molecular weight excluding hydrogens is 364 g/mol. The first kappa shape index (κ1) is 21.9. The number of hydrogen-bond donors (Lipinski definition) is 1. The highest BCUT2D eigenvalue weighted by atomic mass is 32.2. The second-order valence-corrected chi connectivity index (χ2v) is 9.36. The summed E-state index contributed by atoms with van der Waals surface area (Å²) in [5.74, 6) is 0.236. The van der Waals surface area contributed by atoms with E-state index < -0.39 is 10.0 Å². The van der Waals surface area contributed by atoms with Crippen molar-refractivity contribution in [1.82, 2.24) is 9.62 Å². The van der Waals surface area contributed by atoms with Gasteiger partial charge in [0.25, 0.3) is 5.91 Å². The zero-order valence-electron chi connectivity index (χ0n) is 16.4. The van der Waals surface area contributed by atoms with Crippen LogP contribution in [0.4, 0.5) is 0 Å². The predicted octanol–water partition coefficient (Wildman–Crippen LogP) is 3.04. The Morgan fingerprint density at radius 3 is 2.56 bits per heavy atom. The molecule has 152 valence electrons. The Bertz CT molecular complexity index is 696. The third-order valence-corrected chi connectivity index (χ3v) is 6.40. The molecule has 0 unspecified atom stereocenters. The van der Waals surface area contributed by atoms with Gasteiger partial charge in [0.05, 0.1) is 4.90 Å². The molecular formula is C20H32N2O4S. The third-order valence-electron chi connectivity index (χ3n) is 4.50. The average Bonchev–Trinajstić information content (AvgIpc) is 2.94. The first-order chi connectivity index (χ1) is 12.9. The van der Waals surface area contributed by atoms with Crippen LogP contribution in [0.2, 0.25) is 0 Å². The van der Waals surface area contributed by atoms with Crippen molar-refractivity contribution in [2.75, 3.05) is 32.8 Å². The lowest BCUT2D eigenvalue weighted by molar-refractivity contribution is 0.0924. The van der Waals surface area contributed by atoms with Gasteiger partial charge < -0.3 is 10.1 Å². The molecule has 27 heavy (non-hydrogen) atoms. The predicted molar refractivity (Wildman–Crippen MR) is 106 cm³/mol. The van der Waals surface area contributed by atoms with Crippen molar-refractivity contribution in [3.05, 3.63) is 29.8 Å². The van der Waals surface area contributed by atoms with Crippen molar-refractivity contribution >= 4 is 15.9 Å². The normalized spacial score (nSPS) is 16.3. The SMILES string of the molecule is CC(C)COCCCNC(=O)c1cccc(S(=O)(=O)N2CCCCCC2)c1. The molecule has 1 saturated heterocycles. The minimum Gasteiger partial charge on any atom is -0.381 e. The van der Waals surface area contributed by atoms with Crippen molar-refractivity contribution in [2.24, 2.45) is 5.92 Å². The Morgan fingerprint density at radius 2 is 1.89 bits per heavy atom. The summed E-state index contributed by atoms with van der Waals surface area (Å²) >= 11 is 0. The highest BCUT2D eigenvalue weighted by Gasteiger charge is 2.25. The number of rotatable bonds is 9. The molecule has 0 atom stereocenters. The number of ether oxygens (including phenoxy) is 1. The van der Waals surface area contributed by atoms with Gasteiger partial charge in [-0.1, -0.05) is 32.8 Å². The molecule has 2 rings (SSSR count). The van der Waals surface area contributed by atoms with Crippen LogP contribution in [0.15, 0.2) is 29.2 Å². The summed E-state index contributed by atoms with van der Waals surface area (Å²) in [6.07, 6.45) is 4.63. The summed E-state index contributed by atoms with van der Waals surface area (Å²) in [5.41, 5.74) is 0.369. The molecule has 0 bridgehead atoms. The van der Waals surface area contributed by atoms with E-state index in [0.717, 1.165) is 32.1 Å². The summed E-state index contributed by atoms with van der Waals surface area (Å²) in [6, 6.07) is 6.32. The summed E-state index contributed by atoms with van der Waals surface area (Å²) < 4.78 is 32.8. The number of nitrogens with one attached hydrogen (secondary N) is 1.